The lowest BCUT2D eigenvalue weighted by molar-refractivity contribution is -0.134. The summed E-state index contributed by atoms with van der Waals surface area (Å²) in [7, 11) is 1.58. The average molecular weight is 229 g/mol. The predicted octanol–water partition coefficient (Wildman–Crippen LogP) is -0.0588. The van der Waals surface area contributed by atoms with Crippen LogP contribution in [0.2, 0.25) is 0 Å². The molecule has 0 radical (unpaired) electrons. The minimum atomic E-state index is -0.496. The minimum Gasteiger partial charge on any atom is -0.368 e. The number of nitrogens with two attached hydrogens (primary N) is 2. The zero-order valence-corrected chi connectivity index (χ0v) is 10.4. The highest BCUT2D eigenvalue weighted by Crippen LogP contribution is 2.15. The molecule has 1 unspecified atom stereocenters. The Hall–Kier alpha value is -1.10. The van der Waals surface area contributed by atoms with Crippen LogP contribution in [0.3, 0.4) is 0 Å². The first kappa shape index (κ1) is 14.9. The van der Waals surface area contributed by atoms with Gasteiger partial charge in [-0.3, -0.25) is 9.59 Å². The second kappa shape index (κ2) is 7.22. The van der Waals surface area contributed by atoms with E-state index in [0.717, 1.165) is 6.42 Å². The van der Waals surface area contributed by atoms with Gasteiger partial charge in [0.2, 0.25) is 11.8 Å². The van der Waals surface area contributed by atoms with Gasteiger partial charge in [0.1, 0.15) is 0 Å². The number of rotatable bonds is 7. The van der Waals surface area contributed by atoms with Crippen molar-refractivity contribution in [1.82, 2.24) is 4.90 Å². The number of likely N-dealkylation sites (N-methyl/N-ethyl adjacent to an activating group) is 1. The summed E-state index contributed by atoms with van der Waals surface area (Å²) in [6.45, 7) is 4.66. The molecule has 2 amide bonds. The zero-order chi connectivity index (χ0) is 12.7. The molecule has 4 N–H and O–H groups in total. The van der Waals surface area contributed by atoms with Crippen molar-refractivity contribution in [2.75, 3.05) is 20.1 Å². The van der Waals surface area contributed by atoms with Crippen LogP contribution in [0, 0.1) is 11.8 Å². The lowest BCUT2D eigenvalue weighted by atomic mass is 9.94. The van der Waals surface area contributed by atoms with Crippen LogP contribution >= 0.6 is 0 Å². The first-order valence-corrected chi connectivity index (χ1v) is 5.59. The SMILES string of the molecule is CC(C)CC(CN)CC(=O)N(C)CC(N)=O. The molecule has 0 aromatic carbocycles. The Morgan fingerprint density at radius 3 is 2.25 bits per heavy atom. The zero-order valence-electron chi connectivity index (χ0n) is 10.4. The average Bonchev–Trinajstić information content (AvgIpc) is 2.14. The van der Waals surface area contributed by atoms with Gasteiger partial charge in [-0.1, -0.05) is 13.8 Å². The maximum absolute atomic E-state index is 11.7. The standard InChI is InChI=1S/C11H23N3O2/c1-8(2)4-9(6-12)5-11(16)14(3)7-10(13)15/h8-9H,4-7,12H2,1-3H3,(H2,13,15). The lowest BCUT2D eigenvalue weighted by Crippen LogP contribution is -2.37. The maximum atomic E-state index is 11.7. The number of hydrogen-bond donors (Lipinski definition) is 2. The fraction of sp³-hybridized carbons (Fsp3) is 0.818. The maximum Gasteiger partial charge on any atom is 0.237 e. The van der Waals surface area contributed by atoms with Crippen LogP contribution < -0.4 is 11.5 Å². The summed E-state index contributed by atoms with van der Waals surface area (Å²) in [4.78, 5) is 23.7. The Morgan fingerprint density at radius 1 is 1.31 bits per heavy atom. The van der Waals surface area contributed by atoms with Gasteiger partial charge in [-0.25, -0.2) is 0 Å². The van der Waals surface area contributed by atoms with Gasteiger partial charge >= 0.3 is 0 Å². The van der Waals surface area contributed by atoms with Crippen LogP contribution in [0.25, 0.3) is 0 Å². The number of primary amides is 1. The van der Waals surface area contributed by atoms with Gasteiger partial charge in [0.25, 0.3) is 0 Å². The lowest BCUT2D eigenvalue weighted by Gasteiger charge is -2.20. The first-order valence-electron chi connectivity index (χ1n) is 5.59. The highest BCUT2D eigenvalue weighted by atomic mass is 16.2. The van der Waals surface area contributed by atoms with E-state index in [2.05, 4.69) is 13.8 Å². The van der Waals surface area contributed by atoms with E-state index in [1.54, 1.807) is 7.05 Å². The Balaban J connectivity index is 4.13. The number of nitrogens with zero attached hydrogens (tertiary/aromatic N) is 1. The molecule has 0 aliphatic carbocycles. The molecule has 0 fully saturated rings. The fourth-order valence-corrected chi connectivity index (χ4v) is 1.65. The van der Waals surface area contributed by atoms with E-state index in [0.29, 0.717) is 18.9 Å². The molecular weight excluding hydrogens is 206 g/mol. The summed E-state index contributed by atoms with van der Waals surface area (Å²) in [5.41, 5.74) is 10.6. The van der Waals surface area contributed by atoms with Gasteiger partial charge in [0.15, 0.2) is 0 Å². The highest BCUT2D eigenvalue weighted by molar-refractivity contribution is 5.83. The fourth-order valence-electron chi connectivity index (χ4n) is 1.65. The molecule has 1 atom stereocenters. The largest absolute Gasteiger partial charge is 0.368 e. The van der Waals surface area contributed by atoms with Crippen LogP contribution in [-0.4, -0.2) is 36.9 Å². The monoisotopic (exact) mass is 229 g/mol. The van der Waals surface area contributed by atoms with E-state index >= 15 is 0 Å². The molecular formula is C11H23N3O2. The van der Waals surface area contributed by atoms with E-state index in [-0.39, 0.29) is 18.4 Å². The molecule has 5 heteroatoms. The number of carbonyl (C=O) groups excluding carboxylic acids is 2. The summed E-state index contributed by atoms with van der Waals surface area (Å²) in [6.07, 6.45) is 1.31. The topological polar surface area (TPSA) is 89.4 Å². The molecule has 5 nitrogen and oxygen atoms in total. The Labute approximate surface area is 97.2 Å². The molecule has 0 saturated carbocycles. The Kier molecular flexibility index (Phi) is 6.72. The van der Waals surface area contributed by atoms with Gasteiger partial charge < -0.3 is 16.4 Å². The Morgan fingerprint density at radius 2 is 1.88 bits per heavy atom. The van der Waals surface area contributed by atoms with Crippen molar-refractivity contribution in [3.05, 3.63) is 0 Å². The van der Waals surface area contributed by atoms with Crippen molar-refractivity contribution >= 4 is 11.8 Å². The van der Waals surface area contributed by atoms with Gasteiger partial charge in [0, 0.05) is 13.5 Å². The van der Waals surface area contributed by atoms with Crippen molar-refractivity contribution in [1.29, 1.82) is 0 Å². The summed E-state index contributed by atoms with van der Waals surface area (Å²) in [5, 5.41) is 0. The summed E-state index contributed by atoms with van der Waals surface area (Å²) >= 11 is 0. The van der Waals surface area contributed by atoms with E-state index in [9.17, 15) is 9.59 Å². The molecule has 0 aromatic rings. The molecule has 0 aliphatic rings. The van der Waals surface area contributed by atoms with Gasteiger partial charge in [-0.2, -0.15) is 0 Å². The molecule has 0 rings (SSSR count). The third kappa shape index (κ3) is 6.40. The molecule has 94 valence electrons. The molecule has 0 spiro atoms. The van der Waals surface area contributed by atoms with Crippen molar-refractivity contribution in [2.45, 2.75) is 26.7 Å². The number of amides is 2. The quantitative estimate of drug-likeness (QED) is 0.641. The van der Waals surface area contributed by atoms with Crippen molar-refractivity contribution in [3.63, 3.8) is 0 Å². The molecule has 0 bridgehead atoms. The van der Waals surface area contributed by atoms with E-state index in [4.69, 9.17) is 11.5 Å². The molecule has 0 aliphatic heterocycles. The van der Waals surface area contributed by atoms with Crippen LogP contribution in [0.15, 0.2) is 0 Å². The first-order chi connectivity index (χ1) is 7.36. The van der Waals surface area contributed by atoms with Crippen LogP contribution in [-0.2, 0) is 9.59 Å². The second-order valence-electron chi connectivity index (χ2n) is 4.65. The highest BCUT2D eigenvalue weighted by Gasteiger charge is 2.17. The van der Waals surface area contributed by atoms with Crippen molar-refractivity contribution < 1.29 is 9.59 Å². The van der Waals surface area contributed by atoms with Crippen molar-refractivity contribution in [3.8, 4) is 0 Å². The van der Waals surface area contributed by atoms with Crippen molar-refractivity contribution in [2.24, 2.45) is 23.3 Å². The molecule has 0 saturated heterocycles. The van der Waals surface area contributed by atoms with Crippen LogP contribution in [0.5, 0.6) is 0 Å². The van der Waals surface area contributed by atoms with E-state index in [1.807, 2.05) is 0 Å². The van der Waals surface area contributed by atoms with E-state index < -0.39 is 5.91 Å². The van der Waals surface area contributed by atoms with Gasteiger partial charge in [-0.15, -0.1) is 0 Å². The van der Waals surface area contributed by atoms with Gasteiger partial charge in [-0.05, 0) is 24.8 Å². The number of carbonyl (C=O) groups is 2. The summed E-state index contributed by atoms with van der Waals surface area (Å²) in [5.74, 6) is 0.129. The smallest absolute Gasteiger partial charge is 0.237 e. The molecule has 16 heavy (non-hydrogen) atoms. The minimum absolute atomic E-state index is 0.0300. The molecule has 0 aromatic heterocycles. The van der Waals surface area contributed by atoms with Crippen LogP contribution in [0.1, 0.15) is 26.7 Å². The second-order valence-corrected chi connectivity index (χ2v) is 4.65. The van der Waals surface area contributed by atoms with Gasteiger partial charge in [0.05, 0.1) is 6.54 Å². The summed E-state index contributed by atoms with van der Waals surface area (Å²) in [6, 6.07) is 0. The molecule has 0 heterocycles. The predicted molar refractivity (Wildman–Crippen MR) is 63.4 cm³/mol. The van der Waals surface area contributed by atoms with Crippen LogP contribution in [0.4, 0.5) is 0 Å². The Bertz CT molecular complexity index is 241. The third-order valence-corrected chi connectivity index (χ3v) is 2.42. The third-order valence-electron chi connectivity index (χ3n) is 2.42. The summed E-state index contributed by atoms with van der Waals surface area (Å²) < 4.78 is 0. The normalized spacial score (nSPS) is 12.6. The number of hydrogen-bond acceptors (Lipinski definition) is 3. The van der Waals surface area contributed by atoms with E-state index in [1.165, 1.54) is 4.90 Å².